The van der Waals surface area contributed by atoms with Gasteiger partial charge in [0.15, 0.2) is 0 Å². The third-order valence-corrected chi connectivity index (χ3v) is 6.41. The summed E-state index contributed by atoms with van der Waals surface area (Å²) < 4.78 is 5.45. The summed E-state index contributed by atoms with van der Waals surface area (Å²) in [5, 5.41) is 0.953. The molecule has 182 valence electrons. The molecule has 36 heavy (non-hydrogen) atoms. The predicted octanol–water partition coefficient (Wildman–Crippen LogP) is 3.95. The van der Waals surface area contributed by atoms with Gasteiger partial charge < -0.3 is 14.6 Å². The summed E-state index contributed by atoms with van der Waals surface area (Å²) in [5.41, 5.74) is 9.71. The minimum Gasteiger partial charge on any atom is -0.497 e. The maximum atomic E-state index is 13.5. The number of hydrogen-bond acceptors (Lipinski definition) is 4. The Balaban J connectivity index is 1.65. The zero-order chi connectivity index (χ0) is 25.2. The molecular weight excluding hydrogens is 456 g/mol. The van der Waals surface area contributed by atoms with Gasteiger partial charge in [-0.05, 0) is 29.8 Å². The number of methoxy groups -OCH3 is 1. The van der Waals surface area contributed by atoms with E-state index in [0.29, 0.717) is 11.3 Å². The van der Waals surface area contributed by atoms with E-state index < -0.39 is 11.9 Å². The van der Waals surface area contributed by atoms with Crippen LogP contribution in [0.3, 0.4) is 0 Å². The quantitative estimate of drug-likeness (QED) is 0.362. The summed E-state index contributed by atoms with van der Waals surface area (Å²) in [6.07, 6.45) is 0.232. The molecule has 3 amide bonds. The average molecular weight is 483 g/mol. The van der Waals surface area contributed by atoms with Gasteiger partial charge in [-0.25, -0.2) is 0 Å². The Morgan fingerprint density at radius 2 is 1.72 bits per heavy atom. The summed E-state index contributed by atoms with van der Waals surface area (Å²) in [6, 6.07) is 22.5. The van der Waals surface area contributed by atoms with Crippen LogP contribution in [0.15, 0.2) is 72.8 Å². The summed E-state index contributed by atoms with van der Waals surface area (Å²) in [6.45, 7) is 1.47. The molecule has 3 N–H and O–H groups in total. The number of carbonyl (C=O) groups excluding carboxylic acids is 3. The van der Waals surface area contributed by atoms with Crippen molar-refractivity contribution in [3.63, 3.8) is 0 Å². The topological polar surface area (TPSA) is 104 Å². The van der Waals surface area contributed by atoms with E-state index in [1.165, 1.54) is 0 Å². The van der Waals surface area contributed by atoms with Crippen molar-refractivity contribution in [2.75, 3.05) is 13.7 Å². The fourth-order valence-corrected chi connectivity index (χ4v) is 4.72. The van der Waals surface area contributed by atoms with E-state index in [2.05, 4.69) is 15.8 Å². The van der Waals surface area contributed by atoms with E-state index in [1.54, 1.807) is 25.0 Å². The number of hydrazine groups is 1. The van der Waals surface area contributed by atoms with E-state index in [-0.39, 0.29) is 24.8 Å². The molecule has 0 saturated heterocycles. The Bertz CT molecular complexity index is 1480. The predicted molar refractivity (Wildman–Crippen MR) is 136 cm³/mol. The lowest BCUT2D eigenvalue weighted by atomic mass is 9.93. The van der Waals surface area contributed by atoms with Crippen LogP contribution >= 0.6 is 0 Å². The summed E-state index contributed by atoms with van der Waals surface area (Å²) in [4.78, 5) is 43.0. The third kappa shape index (κ3) is 4.07. The fourth-order valence-electron chi connectivity index (χ4n) is 4.72. The molecule has 0 radical (unpaired) electrons. The van der Waals surface area contributed by atoms with Crippen LogP contribution in [0.5, 0.6) is 5.75 Å². The maximum absolute atomic E-state index is 13.5. The molecule has 0 bridgehead atoms. The van der Waals surface area contributed by atoms with Crippen molar-refractivity contribution in [3.8, 4) is 17.0 Å². The highest BCUT2D eigenvalue weighted by Gasteiger charge is 2.41. The zero-order valence-electron chi connectivity index (χ0n) is 20.0. The summed E-state index contributed by atoms with van der Waals surface area (Å²) >= 11 is 0. The number of nitrogens with one attached hydrogen (secondary N) is 3. The van der Waals surface area contributed by atoms with Crippen LogP contribution in [0.4, 0.5) is 0 Å². The maximum Gasteiger partial charge on any atom is 0.258 e. The number of fused-ring (bicyclic) bond motifs is 2. The van der Waals surface area contributed by atoms with Crippen LogP contribution in [0.2, 0.25) is 0 Å². The van der Waals surface area contributed by atoms with Gasteiger partial charge in [-0.1, -0.05) is 55.5 Å². The van der Waals surface area contributed by atoms with Crippen molar-refractivity contribution in [2.45, 2.75) is 19.4 Å². The Morgan fingerprint density at radius 1 is 0.972 bits per heavy atom. The molecule has 8 heteroatoms. The molecule has 1 aliphatic heterocycles. The molecule has 1 atom stereocenters. The highest BCUT2D eigenvalue weighted by atomic mass is 16.5. The van der Waals surface area contributed by atoms with Gasteiger partial charge in [0.05, 0.1) is 18.8 Å². The van der Waals surface area contributed by atoms with Crippen LogP contribution in [0.25, 0.3) is 22.2 Å². The van der Waals surface area contributed by atoms with Crippen molar-refractivity contribution < 1.29 is 19.1 Å². The van der Waals surface area contributed by atoms with E-state index in [9.17, 15) is 14.4 Å². The molecule has 1 unspecified atom stereocenters. The average Bonchev–Trinajstić information content (AvgIpc) is 3.42. The number of hydrogen-bond donors (Lipinski definition) is 3. The summed E-state index contributed by atoms with van der Waals surface area (Å²) in [5.74, 6) is -0.323. The molecule has 2 heterocycles. The van der Waals surface area contributed by atoms with Gasteiger partial charge in [0.25, 0.3) is 11.8 Å². The lowest BCUT2D eigenvalue weighted by Crippen LogP contribution is -2.47. The fraction of sp³-hybridized carbons (Fsp3) is 0.179. The van der Waals surface area contributed by atoms with Crippen molar-refractivity contribution >= 4 is 28.6 Å². The minimum absolute atomic E-state index is 0.223. The Morgan fingerprint density at radius 3 is 2.53 bits per heavy atom. The second kappa shape index (κ2) is 9.58. The summed E-state index contributed by atoms with van der Waals surface area (Å²) in [7, 11) is 1.62. The number of benzene rings is 3. The number of ether oxygens (including phenoxy) is 1. The molecule has 0 aliphatic carbocycles. The first kappa shape index (κ1) is 23.2. The van der Waals surface area contributed by atoms with Gasteiger partial charge in [0.2, 0.25) is 5.91 Å². The number of aromatic amines is 1. The molecule has 1 aromatic heterocycles. The van der Waals surface area contributed by atoms with Crippen molar-refractivity contribution in [3.05, 3.63) is 89.5 Å². The number of aromatic nitrogens is 1. The largest absolute Gasteiger partial charge is 0.497 e. The molecule has 0 spiro atoms. The number of nitrogens with zero attached hydrogens (tertiary/aromatic N) is 1. The lowest BCUT2D eigenvalue weighted by molar-refractivity contribution is -0.129. The van der Waals surface area contributed by atoms with Crippen LogP contribution in [-0.2, 0) is 9.59 Å². The van der Waals surface area contributed by atoms with E-state index in [1.807, 2.05) is 66.7 Å². The van der Waals surface area contributed by atoms with Gasteiger partial charge in [-0.15, -0.1) is 0 Å². The third-order valence-electron chi connectivity index (χ3n) is 6.41. The number of carbonyl (C=O) groups is 3. The molecule has 0 saturated carbocycles. The lowest BCUT2D eigenvalue weighted by Gasteiger charge is -2.26. The molecule has 8 nitrogen and oxygen atoms in total. The molecule has 1 aliphatic rings. The standard InChI is InChI=1S/C28H26N4O4/c1-3-23(33)30-31-24(34)16-32-27(19-11-4-5-12-20(19)28(32)35)25-21-13-6-7-14-22(21)29-26(25)17-9-8-10-18(15-17)36-2/h4-15,27,29H,3,16H2,1-2H3,(H,30,33)(H,31,34). The number of para-hydroxylation sites is 1. The van der Waals surface area contributed by atoms with Crippen molar-refractivity contribution in [2.24, 2.45) is 0 Å². The second-order valence-corrected chi connectivity index (χ2v) is 8.56. The van der Waals surface area contributed by atoms with Crippen molar-refractivity contribution in [1.82, 2.24) is 20.7 Å². The zero-order valence-corrected chi connectivity index (χ0v) is 20.0. The normalized spacial score (nSPS) is 14.6. The van der Waals surface area contributed by atoms with E-state index in [0.717, 1.165) is 33.3 Å². The Kier molecular flexibility index (Phi) is 6.16. The molecule has 3 aromatic carbocycles. The minimum atomic E-state index is -0.515. The molecule has 5 rings (SSSR count). The first-order chi connectivity index (χ1) is 17.5. The van der Waals surface area contributed by atoms with E-state index >= 15 is 0 Å². The monoisotopic (exact) mass is 482 g/mol. The molecule has 4 aromatic rings. The van der Waals surface area contributed by atoms with Gasteiger partial charge >= 0.3 is 0 Å². The van der Waals surface area contributed by atoms with Crippen molar-refractivity contribution in [1.29, 1.82) is 0 Å². The van der Waals surface area contributed by atoms with E-state index in [4.69, 9.17) is 4.74 Å². The number of rotatable bonds is 6. The van der Waals surface area contributed by atoms with Gasteiger partial charge in [0.1, 0.15) is 12.3 Å². The SMILES string of the molecule is CCC(=O)NNC(=O)CN1C(=O)c2ccccc2C1c1c(-c2cccc(OC)c2)[nH]c2ccccc12. The first-order valence-electron chi connectivity index (χ1n) is 11.7. The first-order valence-corrected chi connectivity index (χ1v) is 11.7. The van der Waals surface area contributed by atoms with Gasteiger partial charge in [-0.3, -0.25) is 25.2 Å². The smallest absolute Gasteiger partial charge is 0.258 e. The highest BCUT2D eigenvalue weighted by molar-refractivity contribution is 6.03. The Labute approximate surface area is 208 Å². The van der Waals surface area contributed by atoms with Gasteiger partial charge in [0, 0.05) is 34.0 Å². The van der Waals surface area contributed by atoms with Crippen LogP contribution < -0.4 is 15.6 Å². The second-order valence-electron chi connectivity index (χ2n) is 8.56. The van der Waals surface area contributed by atoms with Crippen LogP contribution in [0.1, 0.15) is 40.9 Å². The van der Waals surface area contributed by atoms with Gasteiger partial charge in [-0.2, -0.15) is 0 Å². The van der Waals surface area contributed by atoms with Crippen LogP contribution in [0, 0.1) is 0 Å². The molecular formula is C28H26N4O4. The highest BCUT2D eigenvalue weighted by Crippen LogP contribution is 2.45. The number of H-pyrrole nitrogens is 1. The van der Waals surface area contributed by atoms with Crippen LogP contribution in [-0.4, -0.2) is 41.3 Å². The molecule has 0 fully saturated rings. The number of amides is 3. The Hall–Kier alpha value is -4.59.